The van der Waals surface area contributed by atoms with Crippen molar-refractivity contribution in [3.05, 3.63) is 50.9 Å². The minimum atomic E-state index is -0.0506. The molecule has 0 bridgehead atoms. The van der Waals surface area contributed by atoms with Gasteiger partial charge >= 0.3 is 0 Å². The van der Waals surface area contributed by atoms with E-state index in [4.69, 9.17) is 16.3 Å². The first-order chi connectivity index (χ1) is 12.6. The number of hydrogen-bond acceptors (Lipinski definition) is 5. The van der Waals surface area contributed by atoms with E-state index in [9.17, 15) is 4.79 Å². The first-order valence-corrected chi connectivity index (χ1v) is 10.2. The predicted molar refractivity (Wildman–Crippen MR) is 105 cm³/mol. The first-order valence-electron chi connectivity index (χ1n) is 8.90. The standard InChI is InChI=1S/C19H24ClN3O2S/c1-3-25-13(2)19-22-14(12-26-19)10-18(24)23-9-8-21-11-17(23)15-6-4-5-7-16(15)20/h4-7,12-13,17,21H,3,8-11H2,1-2H3. The minimum absolute atomic E-state index is 0.0380. The average molecular weight is 394 g/mol. The van der Waals surface area contributed by atoms with Crippen LogP contribution in [0.4, 0.5) is 0 Å². The third-order valence-corrected chi connectivity index (χ3v) is 5.89. The molecule has 1 fully saturated rings. The summed E-state index contributed by atoms with van der Waals surface area (Å²) >= 11 is 7.91. The van der Waals surface area contributed by atoms with E-state index in [1.807, 2.05) is 48.4 Å². The molecule has 2 heterocycles. The molecular formula is C19H24ClN3O2S. The Balaban J connectivity index is 1.72. The van der Waals surface area contributed by atoms with E-state index in [1.165, 1.54) is 0 Å². The molecule has 2 atom stereocenters. The van der Waals surface area contributed by atoms with Crippen molar-refractivity contribution < 1.29 is 9.53 Å². The minimum Gasteiger partial charge on any atom is -0.372 e. The van der Waals surface area contributed by atoms with Crippen molar-refractivity contribution in [2.75, 3.05) is 26.2 Å². The normalized spacial score (nSPS) is 18.7. The number of piperazine rings is 1. The van der Waals surface area contributed by atoms with Gasteiger partial charge in [0.05, 0.1) is 18.2 Å². The maximum Gasteiger partial charge on any atom is 0.229 e. The Labute approximate surface area is 163 Å². The van der Waals surface area contributed by atoms with Crippen LogP contribution in [0.15, 0.2) is 29.6 Å². The monoisotopic (exact) mass is 393 g/mol. The second-order valence-corrected chi connectivity index (χ2v) is 7.58. The van der Waals surface area contributed by atoms with Gasteiger partial charge in [-0.15, -0.1) is 11.3 Å². The lowest BCUT2D eigenvalue weighted by molar-refractivity contribution is -0.133. The highest BCUT2D eigenvalue weighted by Crippen LogP contribution is 2.29. The largest absolute Gasteiger partial charge is 0.372 e. The van der Waals surface area contributed by atoms with Crippen LogP contribution >= 0.6 is 22.9 Å². The number of thiazole rings is 1. The summed E-state index contributed by atoms with van der Waals surface area (Å²) in [6, 6.07) is 7.68. The Morgan fingerprint density at radius 3 is 3.08 bits per heavy atom. The third-order valence-electron chi connectivity index (χ3n) is 4.49. The van der Waals surface area contributed by atoms with Gasteiger partial charge in [0, 0.05) is 36.6 Å². The van der Waals surface area contributed by atoms with Crippen LogP contribution in [0.25, 0.3) is 0 Å². The van der Waals surface area contributed by atoms with Gasteiger partial charge in [-0.1, -0.05) is 29.8 Å². The van der Waals surface area contributed by atoms with E-state index in [0.717, 1.165) is 22.8 Å². The summed E-state index contributed by atoms with van der Waals surface area (Å²) in [5.74, 6) is 0.0809. The van der Waals surface area contributed by atoms with Gasteiger partial charge in [0.2, 0.25) is 5.91 Å². The highest BCUT2D eigenvalue weighted by Gasteiger charge is 2.29. The fourth-order valence-electron chi connectivity index (χ4n) is 3.19. The zero-order valence-corrected chi connectivity index (χ0v) is 16.6. The topological polar surface area (TPSA) is 54.5 Å². The van der Waals surface area contributed by atoms with E-state index in [2.05, 4.69) is 10.3 Å². The van der Waals surface area contributed by atoms with Crippen molar-refractivity contribution in [2.24, 2.45) is 0 Å². The highest BCUT2D eigenvalue weighted by molar-refractivity contribution is 7.09. The van der Waals surface area contributed by atoms with Gasteiger partial charge in [-0.05, 0) is 25.5 Å². The summed E-state index contributed by atoms with van der Waals surface area (Å²) < 4.78 is 5.58. The molecule has 7 heteroatoms. The molecule has 3 rings (SSSR count). The Morgan fingerprint density at radius 1 is 1.50 bits per heavy atom. The molecule has 1 aliphatic rings. The summed E-state index contributed by atoms with van der Waals surface area (Å²) in [4.78, 5) is 19.5. The summed E-state index contributed by atoms with van der Waals surface area (Å²) in [5, 5.41) is 6.92. The first kappa shape index (κ1) is 19.3. The highest BCUT2D eigenvalue weighted by atomic mass is 35.5. The fourth-order valence-corrected chi connectivity index (χ4v) is 4.28. The van der Waals surface area contributed by atoms with Gasteiger partial charge in [-0.2, -0.15) is 0 Å². The van der Waals surface area contributed by atoms with Crippen LogP contribution in [-0.4, -0.2) is 42.0 Å². The average Bonchev–Trinajstić information content (AvgIpc) is 3.11. The van der Waals surface area contributed by atoms with E-state index in [1.54, 1.807) is 11.3 Å². The summed E-state index contributed by atoms with van der Waals surface area (Å²) in [6.45, 7) is 6.76. The fraction of sp³-hybridized carbons (Fsp3) is 0.474. The van der Waals surface area contributed by atoms with Crippen LogP contribution in [-0.2, 0) is 16.0 Å². The Kier molecular flexibility index (Phi) is 6.64. The van der Waals surface area contributed by atoms with Gasteiger partial charge in [-0.3, -0.25) is 4.79 Å². The van der Waals surface area contributed by atoms with Crippen molar-refractivity contribution in [1.82, 2.24) is 15.2 Å². The van der Waals surface area contributed by atoms with Crippen molar-refractivity contribution in [1.29, 1.82) is 0 Å². The molecule has 0 radical (unpaired) electrons. The number of benzene rings is 1. The molecule has 0 aliphatic carbocycles. The van der Waals surface area contributed by atoms with Gasteiger partial charge < -0.3 is 15.0 Å². The maximum atomic E-state index is 13.0. The molecule has 1 saturated heterocycles. The molecule has 2 unspecified atom stereocenters. The van der Waals surface area contributed by atoms with Crippen molar-refractivity contribution in [2.45, 2.75) is 32.4 Å². The van der Waals surface area contributed by atoms with E-state index in [-0.39, 0.29) is 18.1 Å². The molecule has 1 aromatic heterocycles. The second-order valence-electron chi connectivity index (χ2n) is 6.28. The Morgan fingerprint density at radius 2 is 2.31 bits per heavy atom. The second kappa shape index (κ2) is 8.95. The van der Waals surface area contributed by atoms with Crippen LogP contribution in [0, 0.1) is 0 Å². The molecule has 26 heavy (non-hydrogen) atoms. The van der Waals surface area contributed by atoms with E-state index < -0.39 is 0 Å². The van der Waals surface area contributed by atoms with Crippen LogP contribution in [0.1, 0.15) is 42.3 Å². The number of carbonyl (C=O) groups excluding carboxylic acids is 1. The molecule has 140 valence electrons. The summed E-state index contributed by atoms with van der Waals surface area (Å²) in [6.07, 6.45) is 0.264. The number of hydrogen-bond donors (Lipinski definition) is 1. The Hall–Kier alpha value is -1.47. The van der Waals surface area contributed by atoms with E-state index in [0.29, 0.717) is 31.1 Å². The molecule has 1 aliphatic heterocycles. The quantitative estimate of drug-likeness (QED) is 0.814. The SMILES string of the molecule is CCOC(C)c1nc(CC(=O)N2CCNCC2c2ccccc2Cl)cs1. The molecule has 2 aromatic rings. The molecule has 1 amide bonds. The molecular weight excluding hydrogens is 370 g/mol. The smallest absolute Gasteiger partial charge is 0.229 e. The lowest BCUT2D eigenvalue weighted by Gasteiger charge is -2.37. The number of halogens is 1. The molecule has 0 spiro atoms. The number of ether oxygens (including phenoxy) is 1. The van der Waals surface area contributed by atoms with E-state index >= 15 is 0 Å². The molecule has 0 saturated carbocycles. The van der Waals surface area contributed by atoms with Crippen molar-refractivity contribution >= 4 is 28.8 Å². The van der Waals surface area contributed by atoms with Crippen LogP contribution in [0.5, 0.6) is 0 Å². The summed E-state index contributed by atoms with van der Waals surface area (Å²) in [7, 11) is 0. The zero-order chi connectivity index (χ0) is 18.5. The van der Waals surface area contributed by atoms with Crippen molar-refractivity contribution in [3.63, 3.8) is 0 Å². The van der Waals surface area contributed by atoms with Gasteiger partial charge in [-0.25, -0.2) is 4.98 Å². The van der Waals surface area contributed by atoms with Crippen LogP contribution in [0.2, 0.25) is 5.02 Å². The van der Waals surface area contributed by atoms with Crippen LogP contribution in [0.3, 0.4) is 0 Å². The molecule has 1 N–H and O–H groups in total. The molecule has 5 nitrogen and oxygen atoms in total. The van der Waals surface area contributed by atoms with Crippen LogP contribution < -0.4 is 5.32 Å². The predicted octanol–water partition coefficient (Wildman–Crippen LogP) is 3.61. The number of nitrogens with one attached hydrogen (secondary N) is 1. The lowest BCUT2D eigenvalue weighted by Crippen LogP contribution is -2.49. The lowest BCUT2D eigenvalue weighted by atomic mass is 10.0. The van der Waals surface area contributed by atoms with Gasteiger partial charge in [0.1, 0.15) is 11.1 Å². The maximum absolute atomic E-state index is 13.0. The number of carbonyl (C=O) groups is 1. The number of rotatable bonds is 6. The number of nitrogens with zero attached hydrogens (tertiary/aromatic N) is 2. The number of aromatic nitrogens is 1. The summed E-state index contributed by atoms with van der Waals surface area (Å²) in [5.41, 5.74) is 1.79. The van der Waals surface area contributed by atoms with Gasteiger partial charge in [0.25, 0.3) is 0 Å². The Bertz CT molecular complexity index is 752. The third kappa shape index (κ3) is 4.43. The number of amides is 1. The van der Waals surface area contributed by atoms with Crippen molar-refractivity contribution in [3.8, 4) is 0 Å². The van der Waals surface area contributed by atoms with Gasteiger partial charge in [0.15, 0.2) is 0 Å². The zero-order valence-electron chi connectivity index (χ0n) is 15.1. The molecule has 1 aromatic carbocycles.